The minimum Gasteiger partial charge on any atom is -0.298 e. The van der Waals surface area contributed by atoms with E-state index in [0.717, 1.165) is 18.3 Å². The van der Waals surface area contributed by atoms with E-state index in [1.165, 1.54) is 5.54 Å². The second kappa shape index (κ2) is 4.73. The zero-order valence-electron chi connectivity index (χ0n) is 6.53. The molecule has 0 aliphatic rings. The number of halogens is 1. The fraction of sp³-hybridized carbons (Fsp3) is 0.100. The summed E-state index contributed by atoms with van der Waals surface area (Å²) in [5.74, 6) is 0. The summed E-state index contributed by atoms with van der Waals surface area (Å²) >= 11 is 5.37. The van der Waals surface area contributed by atoms with Gasteiger partial charge in [0.2, 0.25) is 0 Å². The highest BCUT2D eigenvalue weighted by Gasteiger charge is 1.90. The van der Waals surface area contributed by atoms with Crippen LogP contribution in [0.1, 0.15) is 15.9 Å². The van der Waals surface area contributed by atoms with Crippen LogP contribution in [0, 0.1) is 0 Å². The number of hydrogen-bond acceptors (Lipinski definition) is 1. The summed E-state index contributed by atoms with van der Waals surface area (Å²) in [4.78, 5) is 10.3. The van der Waals surface area contributed by atoms with E-state index in [9.17, 15) is 4.79 Å². The van der Waals surface area contributed by atoms with Crippen LogP contribution in [0.4, 0.5) is 0 Å². The van der Waals surface area contributed by atoms with E-state index in [2.05, 4.69) is 0 Å². The van der Waals surface area contributed by atoms with Gasteiger partial charge in [-0.15, -0.1) is 0 Å². The monoisotopic (exact) mass is 180 g/mol. The van der Waals surface area contributed by atoms with Crippen LogP contribution in [0.3, 0.4) is 0 Å². The van der Waals surface area contributed by atoms with Crippen LogP contribution in [0.25, 0.3) is 0 Å². The summed E-state index contributed by atoms with van der Waals surface area (Å²) < 4.78 is 0. The van der Waals surface area contributed by atoms with Gasteiger partial charge in [0.05, 0.1) is 0 Å². The Morgan fingerprint density at radius 1 is 1.25 bits per heavy atom. The van der Waals surface area contributed by atoms with Crippen molar-refractivity contribution in [2.75, 3.05) is 0 Å². The maximum absolute atomic E-state index is 10.3. The molecule has 0 radical (unpaired) electrons. The minimum absolute atomic E-state index is 0.702. The molecule has 2 heteroatoms. The van der Waals surface area contributed by atoms with Gasteiger partial charge < -0.3 is 0 Å². The molecule has 0 aromatic heterocycles. The normalized spacial score (nSPS) is 10.4. The highest BCUT2D eigenvalue weighted by Crippen LogP contribution is 2.03. The van der Waals surface area contributed by atoms with Gasteiger partial charge in [-0.1, -0.05) is 41.9 Å². The minimum atomic E-state index is 0.702. The van der Waals surface area contributed by atoms with Gasteiger partial charge in [0, 0.05) is 11.1 Å². The largest absolute Gasteiger partial charge is 0.298 e. The standard InChI is InChI=1S/C10H9ClO/c11-7-1-2-9-3-5-10(8-12)6-4-9/h1,3-8H,2H2/b7-1-. The molecule has 0 atom stereocenters. The molecule has 1 nitrogen and oxygen atoms in total. The van der Waals surface area contributed by atoms with E-state index in [4.69, 9.17) is 11.6 Å². The van der Waals surface area contributed by atoms with Gasteiger partial charge in [0.1, 0.15) is 6.29 Å². The number of hydrogen-bond donors (Lipinski definition) is 0. The first-order chi connectivity index (χ1) is 5.86. The summed E-state index contributed by atoms with van der Waals surface area (Å²) in [7, 11) is 0. The van der Waals surface area contributed by atoms with E-state index in [0.29, 0.717) is 5.56 Å². The predicted octanol–water partition coefficient (Wildman–Crippen LogP) is 2.79. The van der Waals surface area contributed by atoms with Crippen molar-refractivity contribution in [3.63, 3.8) is 0 Å². The Labute approximate surface area is 76.7 Å². The quantitative estimate of drug-likeness (QED) is 0.654. The molecule has 0 unspecified atom stereocenters. The highest BCUT2D eigenvalue weighted by atomic mass is 35.5. The number of allylic oxidation sites excluding steroid dienone is 1. The van der Waals surface area contributed by atoms with Crippen molar-refractivity contribution in [1.29, 1.82) is 0 Å². The van der Waals surface area contributed by atoms with E-state index in [1.807, 2.05) is 18.2 Å². The molecule has 0 fully saturated rings. The van der Waals surface area contributed by atoms with Gasteiger partial charge in [-0.2, -0.15) is 0 Å². The van der Waals surface area contributed by atoms with Crippen molar-refractivity contribution in [1.82, 2.24) is 0 Å². The number of carbonyl (C=O) groups is 1. The van der Waals surface area contributed by atoms with Crippen molar-refractivity contribution >= 4 is 17.9 Å². The maximum atomic E-state index is 10.3. The Kier molecular flexibility index (Phi) is 3.55. The first kappa shape index (κ1) is 9.01. The summed E-state index contributed by atoms with van der Waals surface area (Å²) in [5, 5.41) is 0. The Hall–Kier alpha value is -1.08. The van der Waals surface area contributed by atoms with E-state index < -0.39 is 0 Å². The summed E-state index contributed by atoms with van der Waals surface area (Å²) in [6.07, 6.45) is 3.50. The molecule has 12 heavy (non-hydrogen) atoms. The molecular formula is C10H9ClO. The Bertz CT molecular complexity index is 274. The summed E-state index contributed by atoms with van der Waals surface area (Å²) in [6.45, 7) is 0. The Morgan fingerprint density at radius 3 is 2.42 bits per heavy atom. The molecule has 0 bridgehead atoms. The molecule has 0 heterocycles. The van der Waals surface area contributed by atoms with Crippen molar-refractivity contribution in [2.24, 2.45) is 0 Å². The molecule has 0 saturated carbocycles. The maximum Gasteiger partial charge on any atom is 0.150 e. The highest BCUT2D eigenvalue weighted by molar-refractivity contribution is 6.25. The van der Waals surface area contributed by atoms with Crippen molar-refractivity contribution in [3.8, 4) is 0 Å². The van der Waals surface area contributed by atoms with Crippen LogP contribution < -0.4 is 0 Å². The lowest BCUT2D eigenvalue weighted by Crippen LogP contribution is -1.82. The molecule has 0 amide bonds. The van der Waals surface area contributed by atoms with Crippen molar-refractivity contribution in [3.05, 3.63) is 47.0 Å². The number of aldehydes is 1. The van der Waals surface area contributed by atoms with Gasteiger partial charge in [-0.25, -0.2) is 0 Å². The number of rotatable bonds is 3. The summed E-state index contributed by atoms with van der Waals surface area (Å²) in [5.41, 5.74) is 3.35. The van der Waals surface area contributed by atoms with Gasteiger partial charge in [0.15, 0.2) is 0 Å². The zero-order valence-corrected chi connectivity index (χ0v) is 7.29. The van der Waals surface area contributed by atoms with Gasteiger partial charge in [-0.05, 0) is 12.0 Å². The first-order valence-corrected chi connectivity index (χ1v) is 4.10. The lowest BCUT2D eigenvalue weighted by Gasteiger charge is -1.95. The molecule has 0 N–H and O–H groups in total. The molecule has 62 valence electrons. The van der Waals surface area contributed by atoms with Gasteiger partial charge >= 0.3 is 0 Å². The van der Waals surface area contributed by atoms with E-state index >= 15 is 0 Å². The van der Waals surface area contributed by atoms with Crippen LogP contribution in [0.2, 0.25) is 0 Å². The fourth-order valence-electron chi connectivity index (χ4n) is 0.913. The zero-order chi connectivity index (χ0) is 8.81. The molecule has 1 rings (SSSR count). The Balaban J connectivity index is 2.70. The lowest BCUT2D eigenvalue weighted by molar-refractivity contribution is 0.112. The van der Waals surface area contributed by atoms with Crippen LogP contribution in [-0.2, 0) is 6.42 Å². The van der Waals surface area contributed by atoms with Crippen molar-refractivity contribution < 1.29 is 4.79 Å². The second-order valence-electron chi connectivity index (χ2n) is 2.43. The van der Waals surface area contributed by atoms with E-state index in [1.54, 1.807) is 12.1 Å². The fourth-order valence-corrected chi connectivity index (χ4v) is 1.00. The molecule has 1 aromatic carbocycles. The summed E-state index contributed by atoms with van der Waals surface area (Å²) in [6, 6.07) is 7.43. The molecular weight excluding hydrogens is 172 g/mol. The van der Waals surface area contributed by atoms with Crippen molar-refractivity contribution in [2.45, 2.75) is 6.42 Å². The molecule has 0 saturated heterocycles. The van der Waals surface area contributed by atoms with E-state index in [-0.39, 0.29) is 0 Å². The smallest absolute Gasteiger partial charge is 0.150 e. The predicted molar refractivity (Wildman–Crippen MR) is 50.5 cm³/mol. The molecule has 1 aromatic rings. The average Bonchev–Trinajstić information content (AvgIpc) is 2.15. The molecule has 0 spiro atoms. The number of carbonyl (C=O) groups excluding carboxylic acids is 1. The SMILES string of the molecule is O=Cc1ccc(C/C=C\Cl)cc1. The molecule has 0 aliphatic heterocycles. The van der Waals surface area contributed by atoms with Gasteiger partial charge in [0.25, 0.3) is 0 Å². The van der Waals surface area contributed by atoms with Gasteiger partial charge in [-0.3, -0.25) is 4.79 Å². The topological polar surface area (TPSA) is 17.1 Å². The van der Waals surface area contributed by atoms with Crippen LogP contribution in [0.5, 0.6) is 0 Å². The third-order valence-electron chi connectivity index (χ3n) is 1.56. The lowest BCUT2D eigenvalue weighted by atomic mass is 10.1. The Morgan fingerprint density at radius 2 is 1.92 bits per heavy atom. The number of benzene rings is 1. The average molecular weight is 181 g/mol. The third-order valence-corrected chi connectivity index (χ3v) is 1.74. The third kappa shape index (κ3) is 2.51. The second-order valence-corrected chi connectivity index (χ2v) is 2.68. The van der Waals surface area contributed by atoms with Crippen LogP contribution in [-0.4, -0.2) is 6.29 Å². The molecule has 0 aliphatic carbocycles. The van der Waals surface area contributed by atoms with Crippen LogP contribution in [0.15, 0.2) is 35.9 Å². The first-order valence-electron chi connectivity index (χ1n) is 3.66. The van der Waals surface area contributed by atoms with Crippen LogP contribution >= 0.6 is 11.6 Å².